The normalized spacial score (nSPS) is 10.2. The maximum absolute atomic E-state index is 12.0. The molecule has 0 fully saturated rings. The molecule has 1 rings (SSSR count). The lowest BCUT2D eigenvalue weighted by molar-refractivity contribution is 0.0978. The van der Waals surface area contributed by atoms with Crippen molar-refractivity contribution in [2.45, 2.75) is 46.0 Å². The Balaban J connectivity index is 2.44. The Morgan fingerprint density at radius 1 is 1.24 bits per heavy atom. The van der Waals surface area contributed by atoms with Crippen molar-refractivity contribution in [3.63, 3.8) is 0 Å². The van der Waals surface area contributed by atoms with E-state index in [1.165, 1.54) is 5.56 Å². The summed E-state index contributed by atoms with van der Waals surface area (Å²) < 4.78 is 0. The first-order valence-electron chi connectivity index (χ1n) is 6.36. The van der Waals surface area contributed by atoms with Crippen molar-refractivity contribution < 1.29 is 4.79 Å². The second kappa shape index (κ2) is 7.05. The number of unbranched alkanes of at least 4 members (excludes halogenated alkanes) is 3. The maximum Gasteiger partial charge on any atom is 0.163 e. The summed E-state index contributed by atoms with van der Waals surface area (Å²) in [6.45, 7) is 7.76. The molecule has 1 aromatic carbocycles. The zero-order valence-corrected chi connectivity index (χ0v) is 11.0. The highest BCUT2D eigenvalue weighted by atomic mass is 16.1. The fourth-order valence-corrected chi connectivity index (χ4v) is 2.01. The number of benzene rings is 1. The number of Topliss-reactive ketones (excluding diaryl/α,β-unsaturated/α-hetero) is 1. The van der Waals surface area contributed by atoms with Gasteiger partial charge in [0.05, 0.1) is 0 Å². The van der Waals surface area contributed by atoms with Gasteiger partial charge in [-0.25, -0.2) is 0 Å². The zero-order chi connectivity index (χ0) is 12.7. The molecule has 0 aromatic heterocycles. The predicted molar refractivity (Wildman–Crippen MR) is 73.5 cm³/mol. The van der Waals surface area contributed by atoms with Crippen LogP contribution in [0.3, 0.4) is 0 Å². The van der Waals surface area contributed by atoms with E-state index in [1.807, 2.05) is 25.1 Å². The highest BCUT2D eigenvalue weighted by Crippen LogP contribution is 2.14. The Labute approximate surface area is 105 Å². The van der Waals surface area contributed by atoms with E-state index in [0.717, 1.165) is 36.8 Å². The van der Waals surface area contributed by atoms with Gasteiger partial charge in [0.2, 0.25) is 0 Å². The predicted octanol–water partition coefficient (Wildman–Crippen LogP) is 4.62. The van der Waals surface area contributed by atoms with Crippen LogP contribution in [0, 0.1) is 13.8 Å². The summed E-state index contributed by atoms with van der Waals surface area (Å²) in [5.41, 5.74) is 3.20. The Bertz CT molecular complexity index is 391. The molecule has 0 bridgehead atoms. The Kier molecular flexibility index (Phi) is 5.68. The third-order valence-corrected chi connectivity index (χ3v) is 2.99. The number of carbonyl (C=O) groups excluding carboxylic acids is 1. The third kappa shape index (κ3) is 4.56. The van der Waals surface area contributed by atoms with Crippen LogP contribution in [-0.4, -0.2) is 5.78 Å². The first-order valence-corrected chi connectivity index (χ1v) is 6.36. The number of aryl methyl sites for hydroxylation is 2. The molecule has 17 heavy (non-hydrogen) atoms. The third-order valence-electron chi connectivity index (χ3n) is 2.99. The first-order chi connectivity index (χ1) is 8.15. The van der Waals surface area contributed by atoms with Crippen molar-refractivity contribution in [2.75, 3.05) is 0 Å². The van der Waals surface area contributed by atoms with Gasteiger partial charge in [-0.2, -0.15) is 0 Å². The Morgan fingerprint density at radius 2 is 2.00 bits per heavy atom. The molecule has 1 heteroatoms. The molecule has 0 N–H and O–H groups in total. The van der Waals surface area contributed by atoms with Gasteiger partial charge in [0.25, 0.3) is 0 Å². The van der Waals surface area contributed by atoms with Crippen LogP contribution < -0.4 is 0 Å². The molecule has 0 unspecified atom stereocenters. The van der Waals surface area contributed by atoms with Crippen LogP contribution >= 0.6 is 0 Å². The van der Waals surface area contributed by atoms with Gasteiger partial charge in [0.1, 0.15) is 0 Å². The first kappa shape index (κ1) is 13.7. The van der Waals surface area contributed by atoms with Gasteiger partial charge in [0, 0.05) is 12.0 Å². The topological polar surface area (TPSA) is 17.1 Å². The van der Waals surface area contributed by atoms with E-state index in [9.17, 15) is 4.79 Å². The summed E-state index contributed by atoms with van der Waals surface area (Å²) in [5.74, 6) is 0.279. The van der Waals surface area contributed by atoms with Crippen molar-refractivity contribution in [3.8, 4) is 0 Å². The van der Waals surface area contributed by atoms with Crippen molar-refractivity contribution in [1.29, 1.82) is 0 Å². The molecule has 0 aliphatic carbocycles. The van der Waals surface area contributed by atoms with Crippen LogP contribution in [0.25, 0.3) is 0 Å². The Hall–Kier alpha value is -1.37. The van der Waals surface area contributed by atoms with Crippen molar-refractivity contribution >= 4 is 5.78 Å². The van der Waals surface area contributed by atoms with E-state index < -0.39 is 0 Å². The average Bonchev–Trinajstić information content (AvgIpc) is 2.28. The molecular formula is C16H22O. The smallest absolute Gasteiger partial charge is 0.163 e. The van der Waals surface area contributed by atoms with Gasteiger partial charge in [-0.3, -0.25) is 4.79 Å². The van der Waals surface area contributed by atoms with Gasteiger partial charge in [-0.1, -0.05) is 36.3 Å². The van der Waals surface area contributed by atoms with Gasteiger partial charge < -0.3 is 0 Å². The zero-order valence-electron chi connectivity index (χ0n) is 11.0. The minimum Gasteiger partial charge on any atom is -0.294 e. The molecular weight excluding hydrogens is 208 g/mol. The number of hydrogen-bond acceptors (Lipinski definition) is 1. The van der Waals surface area contributed by atoms with Crippen LogP contribution in [0.2, 0.25) is 0 Å². The molecule has 0 amide bonds. The summed E-state index contributed by atoms with van der Waals surface area (Å²) in [6.07, 6.45) is 6.90. The van der Waals surface area contributed by atoms with E-state index >= 15 is 0 Å². The quantitative estimate of drug-likeness (QED) is 0.379. The van der Waals surface area contributed by atoms with Crippen LogP contribution in [0.1, 0.15) is 53.6 Å². The largest absolute Gasteiger partial charge is 0.294 e. The van der Waals surface area contributed by atoms with E-state index in [0.29, 0.717) is 6.42 Å². The number of rotatable bonds is 7. The minimum atomic E-state index is 0.279. The van der Waals surface area contributed by atoms with Gasteiger partial charge >= 0.3 is 0 Å². The maximum atomic E-state index is 12.0. The van der Waals surface area contributed by atoms with E-state index in [1.54, 1.807) is 0 Å². The molecule has 0 aliphatic rings. The fourth-order valence-electron chi connectivity index (χ4n) is 2.01. The standard InChI is InChI=1S/C16H22O/c1-4-5-6-7-8-9-16(17)15-11-10-13(2)12-14(15)3/h4,10-12H,1,5-9H2,2-3H3. The number of hydrogen-bond donors (Lipinski definition) is 0. The van der Waals surface area contributed by atoms with Gasteiger partial charge in [0.15, 0.2) is 5.78 Å². The molecule has 0 radical (unpaired) electrons. The Morgan fingerprint density at radius 3 is 2.65 bits per heavy atom. The lowest BCUT2D eigenvalue weighted by Crippen LogP contribution is -2.01. The second-order valence-corrected chi connectivity index (χ2v) is 4.63. The summed E-state index contributed by atoms with van der Waals surface area (Å²) >= 11 is 0. The van der Waals surface area contributed by atoms with Crippen molar-refractivity contribution in [1.82, 2.24) is 0 Å². The number of carbonyl (C=O) groups is 1. The molecule has 0 saturated heterocycles. The van der Waals surface area contributed by atoms with Gasteiger partial charge in [-0.05, 0) is 38.7 Å². The van der Waals surface area contributed by atoms with Crippen molar-refractivity contribution in [3.05, 3.63) is 47.5 Å². The number of allylic oxidation sites excluding steroid dienone is 1. The van der Waals surface area contributed by atoms with E-state index in [4.69, 9.17) is 0 Å². The van der Waals surface area contributed by atoms with Crippen molar-refractivity contribution in [2.24, 2.45) is 0 Å². The van der Waals surface area contributed by atoms with Gasteiger partial charge in [-0.15, -0.1) is 6.58 Å². The fraction of sp³-hybridized carbons (Fsp3) is 0.438. The number of ketones is 1. The molecule has 1 aromatic rings. The average molecular weight is 230 g/mol. The summed E-state index contributed by atoms with van der Waals surface area (Å²) in [7, 11) is 0. The lowest BCUT2D eigenvalue weighted by Gasteiger charge is -2.05. The molecule has 1 nitrogen and oxygen atoms in total. The molecule has 92 valence electrons. The molecule has 0 heterocycles. The summed E-state index contributed by atoms with van der Waals surface area (Å²) in [6, 6.07) is 6.04. The van der Waals surface area contributed by atoms with E-state index in [2.05, 4.69) is 19.6 Å². The lowest BCUT2D eigenvalue weighted by atomic mass is 9.98. The van der Waals surface area contributed by atoms with Crippen LogP contribution in [-0.2, 0) is 0 Å². The molecule has 0 aliphatic heterocycles. The van der Waals surface area contributed by atoms with E-state index in [-0.39, 0.29) is 5.78 Å². The summed E-state index contributed by atoms with van der Waals surface area (Å²) in [5, 5.41) is 0. The summed E-state index contributed by atoms with van der Waals surface area (Å²) in [4.78, 5) is 12.0. The molecule has 0 saturated carbocycles. The second-order valence-electron chi connectivity index (χ2n) is 4.63. The highest BCUT2D eigenvalue weighted by molar-refractivity contribution is 5.97. The van der Waals surface area contributed by atoms with Crippen LogP contribution in [0.5, 0.6) is 0 Å². The monoisotopic (exact) mass is 230 g/mol. The highest BCUT2D eigenvalue weighted by Gasteiger charge is 2.08. The van der Waals surface area contributed by atoms with Crippen LogP contribution in [0.4, 0.5) is 0 Å². The SMILES string of the molecule is C=CCCCCCC(=O)c1ccc(C)cc1C. The van der Waals surface area contributed by atoms with Crippen LogP contribution in [0.15, 0.2) is 30.9 Å². The molecule has 0 atom stereocenters. The minimum absolute atomic E-state index is 0.279. The molecule has 0 spiro atoms.